The van der Waals surface area contributed by atoms with Crippen molar-refractivity contribution in [2.24, 2.45) is 0 Å². The van der Waals surface area contributed by atoms with E-state index in [9.17, 15) is 4.79 Å². The van der Waals surface area contributed by atoms with Crippen molar-refractivity contribution in [2.75, 3.05) is 12.3 Å². The monoisotopic (exact) mass is 234 g/mol. The van der Waals surface area contributed by atoms with E-state index >= 15 is 0 Å². The van der Waals surface area contributed by atoms with Crippen molar-refractivity contribution >= 4 is 11.6 Å². The number of nitrogens with two attached hydrogens (primary N) is 1. The molecule has 2 N–H and O–H groups in total. The summed E-state index contributed by atoms with van der Waals surface area (Å²) in [7, 11) is 0. The zero-order valence-corrected chi connectivity index (χ0v) is 11.2. The standard InChI is InChI=1S/C14H22N2O/c1-5-11(4)16(6-2)14(17)12-7-8-13(15)10(3)9-12/h7-9,11H,5-6,15H2,1-4H3. The van der Waals surface area contributed by atoms with Crippen LogP contribution < -0.4 is 5.73 Å². The number of rotatable bonds is 4. The molecule has 3 nitrogen and oxygen atoms in total. The van der Waals surface area contributed by atoms with Gasteiger partial charge in [0.1, 0.15) is 0 Å². The number of nitrogen functional groups attached to an aromatic ring is 1. The van der Waals surface area contributed by atoms with Crippen LogP contribution in [0.15, 0.2) is 18.2 Å². The summed E-state index contributed by atoms with van der Waals surface area (Å²) in [6.45, 7) is 8.83. The number of carbonyl (C=O) groups excluding carboxylic acids is 1. The van der Waals surface area contributed by atoms with Crippen molar-refractivity contribution in [1.29, 1.82) is 0 Å². The van der Waals surface area contributed by atoms with Crippen LogP contribution in [0.1, 0.15) is 43.1 Å². The Hall–Kier alpha value is -1.51. The van der Waals surface area contributed by atoms with E-state index in [0.717, 1.165) is 29.8 Å². The summed E-state index contributed by atoms with van der Waals surface area (Å²) < 4.78 is 0. The molecule has 0 bridgehead atoms. The predicted molar refractivity (Wildman–Crippen MR) is 72.1 cm³/mol. The molecule has 0 saturated heterocycles. The maximum Gasteiger partial charge on any atom is 0.254 e. The first-order chi connectivity index (χ1) is 8.01. The fraction of sp³-hybridized carbons (Fsp3) is 0.500. The van der Waals surface area contributed by atoms with Gasteiger partial charge in [0, 0.05) is 23.8 Å². The Kier molecular flexibility index (Phi) is 4.55. The number of carbonyl (C=O) groups is 1. The Morgan fingerprint density at radius 1 is 1.41 bits per heavy atom. The molecule has 1 amide bonds. The molecular formula is C14H22N2O. The van der Waals surface area contributed by atoms with E-state index in [0.29, 0.717) is 0 Å². The Morgan fingerprint density at radius 2 is 2.06 bits per heavy atom. The van der Waals surface area contributed by atoms with Crippen molar-refractivity contribution in [3.05, 3.63) is 29.3 Å². The minimum atomic E-state index is 0.0879. The smallest absolute Gasteiger partial charge is 0.254 e. The van der Waals surface area contributed by atoms with Gasteiger partial charge in [0.25, 0.3) is 5.91 Å². The molecule has 94 valence electrons. The minimum Gasteiger partial charge on any atom is -0.399 e. The van der Waals surface area contributed by atoms with Crippen molar-refractivity contribution in [3.63, 3.8) is 0 Å². The molecule has 3 heteroatoms. The highest BCUT2D eigenvalue weighted by atomic mass is 16.2. The molecule has 1 aromatic carbocycles. The summed E-state index contributed by atoms with van der Waals surface area (Å²) in [6.07, 6.45) is 0.966. The number of anilines is 1. The van der Waals surface area contributed by atoms with Gasteiger partial charge in [-0.3, -0.25) is 4.79 Å². The van der Waals surface area contributed by atoms with Crippen LogP contribution in [0.25, 0.3) is 0 Å². The Morgan fingerprint density at radius 3 is 2.53 bits per heavy atom. The summed E-state index contributed by atoms with van der Waals surface area (Å²) in [5.41, 5.74) is 8.16. The van der Waals surface area contributed by atoms with Crippen molar-refractivity contribution in [1.82, 2.24) is 4.90 Å². The zero-order valence-electron chi connectivity index (χ0n) is 11.2. The summed E-state index contributed by atoms with van der Waals surface area (Å²) in [5, 5.41) is 0. The molecule has 1 rings (SSSR count). The number of amides is 1. The van der Waals surface area contributed by atoms with Crippen LogP contribution in [0.2, 0.25) is 0 Å². The molecule has 1 unspecified atom stereocenters. The quantitative estimate of drug-likeness (QED) is 0.814. The van der Waals surface area contributed by atoms with Crippen molar-refractivity contribution in [2.45, 2.75) is 40.2 Å². The fourth-order valence-corrected chi connectivity index (χ4v) is 1.85. The molecule has 1 atom stereocenters. The predicted octanol–water partition coefficient (Wildman–Crippen LogP) is 2.84. The Bertz CT molecular complexity index is 401. The van der Waals surface area contributed by atoms with Crippen molar-refractivity contribution < 1.29 is 4.79 Å². The van der Waals surface area contributed by atoms with Crippen LogP contribution >= 0.6 is 0 Å². The second kappa shape index (κ2) is 5.71. The first-order valence-corrected chi connectivity index (χ1v) is 6.18. The van der Waals surface area contributed by atoms with Gasteiger partial charge in [0.05, 0.1) is 0 Å². The van der Waals surface area contributed by atoms with E-state index in [1.54, 1.807) is 12.1 Å². The average Bonchev–Trinajstić information content (AvgIpc) is 2.33. The van der Waals surface area contributed by atoms with Gasteiger partial charge < -0.3 is 10.6 Å². The Balaban J connectivity index is 2.98. The van der Waals surface area contributed by atoms with Crippen LogP contribution in [0, 0.1) is 6.92 Å². The van der Waals surface area contributed by atoms with E-state index in [2.05, 4.69) is 13.8 Å². The molecule has 0 fully saturated rings. The lowest BCUT2D eigenvalue weighted by molar-refractivity contribution is 0.0700. The van der Waals surface area contributed by atoms with Gasteiger partial charge in [-0.15, -0.1) is 0 Å². The molecular weight excluding hydrogens is 212 g/mol. The van der Waals surface area contributed by atoms with Crippen LogP contribution in [-0.2, 0) is 0 Å². The van der Waals surface area contributed by atoms with E-state index in [1.165, 1.54) is 0 Å². The van der Waals surface area contributed by atoms with Crippen LogP contribution in [0.3, 0.4) is 0 Å². The highest BCUT2D eigenvalue weighted by Gasteiger charge is 2.18. The van der Waals surface area contributed by atoms with Gasteiger partial charge in [0.2, 0.25) is 0 Å². The number of benzene rings is 1. The van der Waals surface area contributed by atoms with Gasteiger partial charge in [-0.1, -0.05) is 6.92 Å². The number of hydrogen-bond acceptors (Lipinski definition) is 2. The lowest BCUT2D eigenvalue weighted by Gasteiger charge is -2.27. The number of nitrogens with zero attached hydrogens (tertiary/aromatic N) is 1. The SMILES string of the molecule is CCC(C)N(CC)C(=O)c1ccc(N)c(C)c1. The third-order valence-electron chi connectivity index (χ3n) is 3.24. The molecule has 0 aliphatic rings. The first-order valence-electron chi connectivity index (χ1n) is 6.18. The van der Waals surface area contributed by atoms with Crippen molar-refractivity contribution in [3.8, 4) is 0 Å². The second-order valence-electron chi connectivity index (χ2n) is 4.42. The van der Waals surface area contributed by atoms with Gasteiger partial charge in [-0.25, -0.2) is 0 Å². The van der Waals surface area contributed by atoms with E-state index in [-0.39, 0.29) is 11.9 Å². The molecule has 1 aromatic rings. The van der Waals surface area contributed by atoms with Gasteiger partial charge in [-0.2, -0.15) is 0 Å². The average molecular weight is 234 g/mol. The largest absolute Gasteiger partial charge is 0.399 e. The maximum absolute atomic E-state index is 12.3. The third kappa shape index (κ3) is 2.99. The van der Waals surface area contributed by atoms with E-state index < -0.39 is 0 Å². The minimum absolute atomic E-state index is 0.0879. The molecule has 0 aromatic heterocycles. The van der Waals surface area contributed by atoms with Gasteiger partial charge in [-0.05, 0) is 51.0 Å². The highest BCUT2D eigenvalue weighted by Crippen LogP contribution is 2.16. The lowest BCUT2D eigenvalue weighted by atomic mass is 10.1. The topological polar surface area (TPSA) is 46.3 Å². The summed E-state index contributed by atoms with van der Waals surface area (Å²) in [5.74, 6) is 0.0879. The summed E-state index contributed by atoms with van der Waals surface area (Å²) in [4.78, 5) is 14.2. The van der Waals surface area contributed by atoms with E-state index in [1.807, 2.05) is 24.8 Å². The second-order valence-corrected chi connectivity index (χ2v) is 4.42. The van der Waals surface area contributed by atoms with E-state index in [4.69, 9.17) is 5.73 Å². The summed E-state index contributed by atoms with van der Waals surface area (Å²) >= 11 is 0. The molecule has 0 aliphatic carbocycles. The molecule has 0 saturated carbocycles. The molecule has 0 heterocycles. The number of aryl methyl sites for hydroxylation is 1. The first kappa shape index (κ1) is 13.6. The lowest BCUT2D eigenvalue weighted by Crippen LogP contribution is -2.38. The van der Waals surface area contributed by atoms with Gasteiger partial charge >= 0.3 is 0 Å². The third-order valence-corrected chi connectivity index (χ3v) is 3.24. The van der Waals surface area contributed by atoms with Gasteiger partial charge in [0.15, 0.2) is 0 Å². The molecule has 0 spiro atoms. The number of hydrogen-bond donors (Lipinski definition) is 1. The fourth-order valence-electron chi connectivity index (χ4n) is 1.85. The zero-order chi connectivity index (χ0) is 13.0. The highest BCUT2D eigenvalue weighted by molar-refractivity contribution is 5.95. The summed E-state index contributed by atoms with van der Waals surface area (Å²) in [6, 6.07) is 5.73. The van der Waals surface area contributed by atoms with Crippen LogP contribution in [-0.4, -0.2) is 23.4 Å². The van der Waals surface area contributed by atoms with Crippen LogP contribution in [0.5, 0.6) is 0 Å². The molecule has 17 heavy (non-hydrogen) atoms. The molecule has 0 aliphatic heterocycles. The Labute approximate surface area is 104 Å². The van der Waals surface area contributed by atoms with Crippen LogP contribution in [0.4, 0.5) is 5.69 Å². The normalized spacial score (nSPS) is 12.2. The maximum atomic E-state index is 12.3. The molecule has 0 radical (unpaired) electrons.